The Morgan fingerprint density at radius 3 is 2.73 bits per heavy atom. The number of aromatic nitrogens is 6. The Hall–Kier alpha value is -4.14. The van der Waals surface area contributed by atoms with Gasteiger partial charge in [0.15, 0.2) is 11.5 Å². The van der Waals surface area contributed by atoms with Crippen LogP contribution in [0.3, 0.4) is 0 Å². The van der Waals surface area contributed by atoms with Crippen LogP contribution in [0.15, 0.2) is 59.7 Å². The number of aryl methyl sites for hydroxylation is 1. The topological polar surface area (TPSA) is 101 Å². The summed E-state index contributed by atoms with van der Waals surface area (Å²) >= 11 is 0. The molecule has 0 saturated heterocycles. The second kappa shape index (κ2) is 7.03. The van der Waals surface area contributed by atoms with Crippen molar-refractivity contribution in [3.8, 4) is 5.69 Å². The van der Waals surface area contributed by atoms with Crippen molar-refractivity contribution in [1.82, 2.24) is 29.5 Å². The van der Waals surface area contributed by atoms with Gasteiger partial charge in [-0.2, -0.15) is 0 Å². The fourth-order valence-corrected chi connectivity index (χ4v) is 3.43. The Morgan fingerprint density at radius 1 is 1.07 bits per heavy atom. The number of imidazole rings is 1. The summed E-state index contributed by atoms with van der Waals surface area (Å²) in [4.78, 5) is 33.7. The van der Waals surface area contributed by atoms with Gasteiger partial charge in [0.2, 0.25) is 0 Å². The van der Waals surface area contributed by atoms with Crippen LogP contribution in [0, 0.1) is 12.7 Å². The summed E-state index contributed by atoms with van der Waals surface area (Å²) in [6.07, 6.45) is 1.54. The fraction of sp³-hybridized carbons (Fsp3) is 0.0952. The fourth-order valence-electron chi connectivity index (χ4n) is 3.43. The van der Waals surface area contributed by atoms with Gasteiger partial charge in [0.1, 0.15) is 28.4 Å². The first-order valence-corrected chi connectivity index (χ1v) is 9.29. The molecule has 2 N–H and O–H groups in total. The number of hydrogen-bond acceptors (Lipinski definition) is 6. The smallest absolute Gasteiger partial charge is 0.269 e. The SMILES string of the molecule is Cc1nc(NCc2nc3cccc(F)c3c(=O)n2-c2ccccc2)c2[nH]cnc2n1. The molecule has 0 unspecified atom stereocenters. The van der Waals surface area contributed by atoms with E-state index in [1.807, 2.05) is 18.2 Å². The van der Waals surface area contributed by atoms with Crippen molar-refractivity contribution >= 4 is 27.9 Å². The molecule has 30 heavy (non-hydrogen) atoms. The lowest BCUT2D eigenvalue weighted by Crippen LogP contribution is -2.26. The third-order valence-corrected chi connectivity index (χ3v) is 4.74. The first kappa shape index (κ1) is 17.9. The van der Waals surface area contributed by atoms with Crippen LogP contribution in [-0.2, 0) is 6.54 Å². The highest BCUT2D eigenvalue weighted by molar-refractivity contribution is 5.82. The number of rotatable bonds is 4. The summed E-state index contributed by atoms with van der Waals surface area (Å²) in [7, 11) is 0. The number of nitrogens with one attached hydrogen (secondary N) is 2. The molecule has 0 saturated carbocycles. The van der Waals surface area contributed by atoms with Crippen molar-refractivity contribution < 1.29 is 4.39 Å². The van der Waals surface area contributed by atoms with Crippen molar-refractivity contribution in [1.29, 1.82) is 0 Å². The molecule has 3 heterocycles. The summed E-state index contributed by atoms with van der Waals surface area (Å²) in [5.74, 6) is 0.933. The van der Waals surface area contributed by atoms with Crippen molar-refractivity contribution in [2.75, 3.05) is 5.32 Å². The third kappa shape index (κ3) is 2.96. The molecule has 0 amide bonds. The standard InChI is InChI=1S/C21H16FN7O/c1-12-26-19(18-20(27-12)25-11-24-18)23-10-16-28-15-9-5-8-14(22)17(15)21(30)29(16)13-6-3-2-4-7-13/h2-9,11H,10H2,1H3,(H2,23,24,25,26,27). The van der Waals surface area contributed by atoms with Crippen LogP contribution < -0.4 is 10.9 Å². The molecular formula is C21H16FN7O. The van der Waals surface area contributed by atoms with Crippen LogP contribution in [0.2, 0.25) is 0 Å². The number of H-pyrrole nitrogens is 1. The summed E-state index contributed by atoms with van der Waals surface area (Å²) in [5.41, 5.74) is 1.63. The van der Waals surface area contributed by atoms with Crippen LogP contribution in [0.1, 0.15) is 11.6 Å². The lowest BCUT2D eigenvalue weighted by Gasteiger charge is -2.15. The lowest BCUT2D eigenvalue weighted by atomic mass is 10.2. The molecule has 0 radical (unpaired) electrons. The van der Waals surface area contributed by atoms with Gasteiger partial charge in [-0.05, 0) is 31.2 Å². The van der Waals surface area contributed by atoms with Crippen LogP contribution in [0.5, 0.6) is 0 Å². The van der Waals surface area contributed by atoms with Crippen LogP contribution in [0.4, 0.5) is 10.2 Å². The summed E-state index contributed by atoms with van der Waals surface area (Å²) in [6.45, 7) is 1.96. The molecule has 0 atom stereocenters. The monoisotopic (exact) mass is 401 g/mol. The van der Waals surface area contributed by atoms with E-state index in [0.717, 1.165) is 0 Å². The van der Waals surface area contributed by atoms with Gasteiger partial charge >= 0.3 is 0 Å². The number of halogens is 1. The van der Waals surface area contributed by atoms with Gasteiger partial charge in [-0.15, -0.1) is 0 Å². The average Bonchev–Trinajstić information content (AvgIpc) is 3.21. The lowest BCUT2D eigenvalue weighted by molar-refractivity contribution is 0.636. The van der Waals surface area contributed by atoms with Crippen LogP contribution in [0.25, 0.3) is 27.8 Å². The minimum Gasteiger partial charge on any atom is -0.361 e. The molecule has 3 aromatic heterocycles. The molecule has 5 rings (SSSR count). The molecule has 5 aromatic rings. The zero-order valence-corrected chi connectivity index (χ0v) is 15.9. The molecule has 2 aromatic carbocycles. The molecular weight excluding hydrogens is 385 g/mol. The van der Waals surface area contributed by atoms with Crippen molar-refractivity contribution in [3.63, 3.8) is 0 Å². The zero-order chi connectivity index (χ0) is 20.7. The Labute approximate surface area is 169 Å². The van der Waals surface area contributed by atoms with Gasteiger partial charge < -0.3 is 10.3 Å². The largest absolute Gasteiger partial charge is 0.361 e. The second-order valence-electron chi connectivity index (χ2n) is 6.71. The van der Waals surface area contributed by atoms with E-state index < -0.39 is 11.4 Å². The Bertz CT molecular complexity index is 1440. The number of hydrogen-bond donors (Lipinski definition) is 2. The molecule has 0 spiro atoms. The van der Waals surface area contributed by atoms with E-state index in [2.05, 4.69) is 30.2 Å². The van der Waals surface area contributed by atoms with Gasteiger partial charge in [0, 0.05) is 0 Å². The van der Waals surface area contributed by atoms with E-state index in [0.29, 0.717) is 39.8 Å². The van der Waals surface area contributed by atoms with Crippen molar-refractivity contribution in [2.45, 2.75) is 13.5 Å². The van der Waals surface area contributed by atoms with Crippen LogP contribution in [-0.4, -0.2) is 29.5 Å². The zero-order valence-electron chi connectivity index (χ0n) is 15.9. The third-order valence-electron chi connectivity index (χ3n) is 4.74. The minimum absolute atomic E-state index is 0.0426. The van der Waals surface area contributed by atoms with E-state index in [4.69, 9.17) is 0 Å². The maximum absolute atomic E-state index is 14.4. The van der Waals surface area contributed by atoms with Gasteiger partial charge in [-0.3, -0.25) is 9.36 Å². The molecule has 0 fully saturated rings. The van der Waals surface area contributed by atoms with Crippen molar-refractivity contribution in [3.05, 3.63) is 82.7 Å². The van der Waals surface area contributed by atoms with Gasteiger partial charge in [-0.25, -0.2) is 24.3 Å². The summed E-state index contributed by atoms with van der Waals surface area (Å²) < 4.78 is 15.8. The summed E-state index contributed by atoms with van der Waals surface area (Å²) in [6, 6.07) is 13.5. The van der Waals surface area contributed by atoms with Gasteiger partial charge in [0.05, 0.1) is 24.1 Å². The first-order valence-electron chi connectivity index (χ1n) is 9.29. The highest BCUT2D eigenvalue weighted by atomic mass is 19.1. The molecule has 8 nitrogen and oxygen atoms in total. The van der Waals surface area contributed by atoms with Gasteiger partial charge in [0.25, 0.3) is 5.56 Å². The quantitative estimate of drug-likeness (QED) is 0.480. The van der Waals surface area contributed by atoms with E-state index in [1.54, 1.807) is 31.5 Å². The minimum atomic E-state index is -0.597. The molecule has 9 heteroatoms. The molecule has 0 aliphatic heterocycles. The van der Waals surface area contributed by atoms with E-state index in [1.165, 1.54) is 16.7 Å². The van der Waals surface area contributed by atoms with E-state index in [-0.39, 0.29) is 11.9 Å². The highest BCUT2D eigenvalue weighted by Crippen LogP contribution is 2.19. The maximum Gasteiger partial charge on any atom is 0.269 e. The number of anilines is 1. The summed E-state index contributed by atoms with van der Waals surface area (Å²) in [5, 5.41) is 3.17. The number of aromatic amines is 1. The second-order valence-corrected chi connectivity index (χ2v) is 6.71. The predicted molar refractivity (Wildman–Crippen MR) is 111 cm³/mol. The maximum atomic E-state index is 14.4. The Morgan fingerprint density at radius 2 is 1.90 bits per heavy atom. The number of fused-ring (bicyclic) bond motifs is 2. The highest BCUT2D eigenvalue weighted by Gasteiger charge is 2.16. The normalized spacial score (nSPS) is 11.3. The molecule has 0 bridgehead atoms. The average molecular weight is 401 g/mol. The Balaban J connectivity index is 1.66. The van der Waals surface area contributed by atoms with E-state index in [9.17, 15) is 9.18 Å². The number of nitrogens with zero attached hydrogens (tertiary/aromatic N) is 5. The Kier molecular flexibility index (Phi) is 4.20. The predicted octanol–water partition coefficient (Wildman–Crippen LogP) is 3.11. The van der Waals surface area contributed by atoms with E-state index >= 15 is 0 Å². The first-order chi connectivity index (χ1) is 14.6. The van der Waals surface area contributed by atoms with Crippen molar-refractivity contribution in [2.24, 2.45) is 0 Å². The molecule has 0 aliphatic carbocycles. The van der Waals surface area contributed by atoms with Gasteiger partial charge in [-0.1, -0.05) is 24.3 Å². The molecule has 0 aliphatic rings. The number of para-hydroxylation sites is 1. The number of benzene rings is 2. The molecule has 148 valence electrons. The van der Waals surface area contributed by atoms with Crippen LogP contribution >= 0.6 is 0 Å².